The van der Waals surface area contributed by atoms with Gasteiger partial charge in [0.05, 0.1) is 13.2 Å². The van der Waals surface area contributed by atoms with E-state index in [-0.39, 0.29) is 0 Å². The fourth-order valence-corrected chi connectivity index (χ4v) is 1.69. The van der Waals surface area contributed by atoms with E-state index in [0.717, 1.165) is 37.1 Å². The van der Waals surface area contributed by atoms with E-state index >= 15 is 0 Å². The SMILES string of the molecule is CCn1nc(C=O)c2c1CCOC2. The van der Waals surface area contributed by atoms with Crippen LogP contribution >= 0.6 is 0 Å². The maximum Gasteiger partial charge on any atom is 0.170 e. The van der Waals surface area contributed by atoms with E-state index < -0.39 is 0 Å². The van der Waals surface area contributed by atoms with Crippen molar-refractivity contribution in [3.8, 4) is 0 Å². The third-order valence-corrected chi connectivity index (χ3v) is 2.34. The van der Waals surface area contributed by atoms with Gasteiger partial charge in [-0.15, -0.1) is 0 Å². The molecule has 0 atom stereocenters. The van der Waals surface area contributed by atoms with Crippen molar-refractivity contribution in [2.24, 2.45) is 0 Å². The second kappa shape index (κ2) is 3.30. The Bertz CT molecular complexity index is 331. The monoisotopic (exact) mass is 180 g/mol. The maximum absolute atomic E-state index is 10.7. The average Bonchev–Trinajstić information content (AvgIpc) is 2.56. The molecule has 0 radical (unpaired) electrons. The number of carbonyl (C=O) groups is 1. The molecule has 0 unspecified atom stereocenters. The number of hydrogen-bond acceptors (Lipinski definition) is 3. The molecule has 1 aliphatic heterocycles. The Hall–Kier alpha value is -1.16. The second-order valence-corrected chi connectivity index (χ2v) is 3.05. The maximum atomic E-state index is 10.7. The van der Waals surface area contributed by atoms with Crippen LogP contribution in [0.25, 0.3) is 0 Å². The summed E-state index contributed by atoms with van der Waals surface area (Å²) in [6.45, 7) is 4.11. The largest absolute Gasteiger partial charge is 0.376 e. The first-order valence-corrected chi connectivity index (χ1v) is 4.48. The van der Waals surface area contributed by atoms with Gasteiger partial charge in [-0.05, 0) is 6.92 Å². The summed E-state index contributed by atoms with van der Waals surface area (Å²) in [6.07, 6.45) is 1.67. The van der Waals surface area contributed by atoms with Crippen LogP contribution in [0.1, 0.15) is 28.7 Å². The minimum absolute atomic E-state index is 0.531. The lowest BCUT2D eigenvalue weighted by Crippen LogP contribution is -2.13. The predicted octanol–water partition coefficient (Wildman–Crippen LogP) is 0.788. The number of nitrogens with zero attached hydrogens (tertiary/aromatic N) is 2. The highest BCUT2D eigenvalue weighted by Crippen LogP contribution is 2.19. The van der Waals surface area contributed by atoms with Crippen molar-refractivity contribution in [3.63, 3.8) is 0 Å². The molecular weight excluding hydrogens is 168 g/mol. The number of fused-ring (bicyclic) bond motifs is 1. The number of aryl methyl sites for hydroxylation is 1. The van der Waals surface area contributed by atoms with Crippen LogP contribution in [-0.2, 0) is 24.3 Å². The van der Waals surface area contributed by atoms with Crippen LogP contribution in [0.15, 0.2) is 0 Å². The summed E-state index contributed by atoms with van der Waals surface area (Å²) in [4.78, 5) is 10.7. The van der Waals surface area contributed by atoms with Gasteiger partial charge in [0.1, 0.15) is 5.69 Å². The Balaban J connectivity index is 2.50. The lowest BCUT2D eigenvalue weighted by atomic mass is 10.1. The molecule has 0 saturated carbocycles. The molecule has 4 heteroatoms. The van der Waals surface area contributed by atoms with Gasteiger partial charge in [-0.25, -0.2) is 0 Å². The third kappa shape index (κ3) is 1.27. The molecule has 0 aromatic carbocycles. The van der Waals surface area contributed by atoms with Crippen molar-refractivity contribution >= 4 is 6.29 Å². The van der Waals surface area contributed by atoms with Crippen LogP contribution in [0.5, 0.6) is 0 Å². The van der Waals surface area contributed by atoms with Crippen molar-refractivity contribution in [2.45, 2.75) is 26.5 Å². The number of aldehydes is 1. The molecule has 0 fully saturated rings. The van der Waals surface area contributed by atoms with Crippen LogP contribution < -0.4 is 0 Å². The van der Waals surface area contributed by atoms with Gasteiger partial charge in [-0.3, -0.25) is 9.48 Å². The molecule has 0 N–H and O–H groups in total. The molecule has 2 rings (SSSR count). The first-order chi connectivity index (χ1) is 6.36. The zero-order valence-corrected chi connectivity index (χ0v) is 7.62. The van der Waals surface area contributed by atoms with Gasteiger partial charge in [-0.1, -0.05) is 0 Å². The normalized spacial score (nSPS) is 15.5. The highest BCUT2D eigenvalue weighted by Gasteiger charge is 2.19. The summed E-state index contributed by atoms with van der Waals surface area (Å²) in [7, 11) is 0. The molecular formula is C9H12N2O2. The number of carbonyl (C=O) groups excluding carboxylic acids is 1. The minimum Gasteiger partial charge on any atom is -0.376 e. The molecule has 13 heavy (non-hydrogen) atoms. The van der Waals surface area contributed by atoms with Crippen LogP contribution in [0.4, 0.5) is 0 Å². The van der Waals surface area contributed by atoms with E-state index in [1.165, 1.54) is 0 Å². The second-order valence-electron chi connectivity index (χ2n) is 3.05. The average molecular weight is 180 g/mol. The zero-order chi connectivity index (χ0) is 9.26. The Labute approximate surface area is 76.5 Å². The number of ether oxygens (including phenoxy) is 1. The number of hydrogen-bond donors (Lipinski definition) is 0. The van der Waals surface area contributed by atoms with Crippen molar-refractivity contribution in [1.82, 2.24) is 9.78 Å². The summed E-state index contributed by atoms with van der Waals surface area (Å²) in [6, 6.07) is 0. The summed E-state index contributed by atoms with van der Waals surface area (Å²) in [5.41, 5.74) is 2.68. The van der Waals surface area contributed by atoms with Gasteiger partial charge in [0.2, 0.25) is 0 Å². The van der Waals surface area contributed by atoms with Gasteiger partial charge < -0.3 is 4.74 Å². The summed E-state index contributed by atoms with van der Waals surface area (Å²) in [5.74, 6) is 0. The van der Waals surface area contributed by atoms with Crippen molar-refractivity contribution in [1.29, 1.82) is 0 Å². The Morgan fingerprint density at radius 1 is 1.69 bits per heavy atom. The Morgan fingerprint density at radius 2 is 2.54 bits per heavy atom. The first-order valence-electron chi connectivity index (χ1n) is 4.48. The quantitative estimate of drug-likeness (QED) is 0.632. The molecule has 70 valence electrons. The molecule has 1 aromatic rings. The number of aromatic nitrogens is 2. The lowest BCUT2D eigenvalue weighted by Gasteiger charge is -2.13. The van der Waals surface area contributed by atoms with E-state index in [2.05, 4.69) is 5.10 Å². The highest BCUT2D eigenvalue weighted by molar-refractivity contribution is 5.74. The van der Waals surface area contributed by atoms with E-state index in [4.69, 9.17) is 4.74 Å². The molecule has 0 saturated heterocycles. The molecule has 0 bridgehead atoms. The topological polar surface area (TPSA) is 44.1 Å². The van der Waals surface area contributed by atoms with Gasteiger partial charge in [-0.2, -0.15) is 5.10 Å². The fourth-order valence-electron chi connectivity index (χ4n) is 1.69. The predicted molar refractivity (Wildman–Crippen MR) is 46.6 cm³/mol. The molecule has 0 spiro atoms. The van der Waals surface area contributed by atoms with Crippen molar-refractivity contribution in [3.05, 3.63) is 17.0 Å². The fraction of sp³-hybridized carbons (Fsp3) is 0.556. The molecule has 0 aliphatic carbocycles. The molecule has 2 heterocycles. The van der Waals surface area contributed by atoms with Gasteiger partial charge in [0.15, 0.2) is 6.29 Å². The zero-order valence-electron chi connectivity index (χ0n) is 7.62. The minimum atomic E-state index is 0.531. The van der Waals surface area contributed by atoms with Crippen LogP contribution in [0.2, 0.25) is 0 Å². The van der Waals surface area contributed by atoms with Gasteiger partial charge in [0.25, 0.3) is 0 Å². The van der Waals surface area contributed by atoms with Crippen molar-refractivity contribution < 1.29 is 9.53 Å². The van der Waals surface area contributed by atoms with Gasteiger partial charge in [0, 0.05) is 24.2 Å². The molecule has 4 nitrogen and oxygen atoms in total. The molecule has 0 amide bonds. The molecule has 1 aromatic heterocycles. The number of rotatable bonds is 2. The van der Waals surface area contributed by atoms with E-state index in [1.54, 1.807) is 0 Å². The van der Waals surface area contributed by atoms with Crippen LogP contribution in [0, 0.1) is 0 Å². The summed E-state index contributed by atoms with van der Waals surface area (Å²) >= 11 is 0. The smallest absolute Gasteiger partial charge is 0.170 e. The standard InChI is InChI=1S/C9H12N2O2/c1-2-11-9-3-4-13-6-7(9)8(5-12)10-11/h5H,2-4,6H2,1H3. The van der Waals surface area contributed by atoms with E-state index in [1.807, 2.05) is 11.6 Å². The third-order valence-electron chi connectivity index (χ3n) is 2.34. The van der Waals surface area contributed by atoms with E-state index in [0.29, 0.717) is 12.3 Å². The Kier molecular flexibility index (Phi) is 2.14. The summed E-state index contributed by atoms with van der Waals surface area (Å²) < 4.78 is 7.17. The van der Waals surface area contributed by atoms with Crippen LogP contribution in [-0.4, -0.2) is 22.7 Å². The van der Waals surface area contributed by atoms with E-state index in [9.17, 15) is 4.79 Å². The highest BCUT2D eigenvalue weighted by atomic mass is 16.5. The first kappa shape index (κ1) is 8.44. The van der Waals surface area contributed by atoms with Crippen molar-refractivity contribution in [2.75, 3.05) is 6.61 Å². The van der Waals surface area contributed by atoms with Gasteiger partial charge >= 0.3 is 0 Å². The molecule has 1 aliphatic rings. The summed E-state index contributed by atoms with van der Waals surface area (Å²) in [5, 5.41) is 4.20. The van der Waals surface area contributed by atoms with Crippen LogP contribution in [0.3, 0.4) is 0 Å². The lowest BCUT2D eigenvalue weighted by molar-refractivity contribution is 0.104. The Morgan fingerprint density at radius 3 is 3.23 bits per heavy atom.